The number of aromatic nitrogens is 2. The Morgan fingerprint density at radius 3 is 2.32 bits per heavy atom. The lowest BCUT2D eigenvalue weighted by atomic mass is 9.95. The molecular weight excluding hydrogens is 342 g/mol. The zero-order chi connectivity index (χ0) is 19.8. The van der Waals surface area contributed by atoms with Gasteiger partial charge in [0.1, 0.15) is 0 Å². The molecule has 2 aromatic carbocycles. The van der Waals surface area contributed by atoms with Gasteiger partial charge in [-0.3, -0.25) is 9.58 Å². The first-order valence-electron chi connectivity index (χ1n) is 10.4. The highest BCUT2D eigenvalue weighted by Gasteiger charge is 2.22. The molecule has 28 heavy (non-hydrogen) atoms. The summed E-state index contributed by atoms with van der Waals surface area (Å²) in [5, 5.41) is 5.05. The first-order chi connectivity index (χ1) is 13.5. The minimum atomic E-state index is 0.907. The van der Waals surface area contributed by atoms with Gasteiger partial charge in [0.25, 0.3) is 0 Å². The molecule has 146 valence electrons. The molecule has 1 aliphatic rings. The van der Waals surface area contributed by atoms with Crippen molar-refractivity contribution in [2.45, 2.75) is 60.7 Å². The third-order valence-electron chi connectivity index (χ3n) is 6.12. The zero-order valence-corrected chi connectivity index (χ0v) is 17.8. The minimum absolute atomic E-state index is 0.907. The highest BCUT2D eigenvalue weighted by atomic mass is 15.3. The summed E-state index contributed by atoms with van der Waals surface area (Å²) >= 11 is 0. The Balaban J connectivity index is 1.68. The molecular formula is C25H31N3. The predicted molar refractivity (Wildman–Crippen MR) is 117 cm³/mol. The van der Waals surface area contributed by atoms with Crippen LogP contribution in [0.1, 0.15) is 46.0 Å². The largest absolute Gasteiger partial charge is 0.293 e. The number of hydrogen-bond donors (Lipinski definition) is 0. The molecule has 4 rings (SSSR count). The molecule has 0 radical (unpaired) electrons. The Morgan fingerprint density at radius 1 is 0.964 bits per heavy atom. The van der Waals surface area contributed by atoms with Crippen LogP contribution < -0.4 is 0 Å². The van der Waals surface area contributed by atoms with E-state index in [0.29, 0.717) is 0 Å². The van der Waals surface area contributed by atoms with Gasteiger partial charge in [0, 0.05) is 31.7 Å². The number of fused-ring (bicyclic) bond motifs is 1. The molecule has 3 aromatic rings. The maximum atomic E-state index is 5.05. The second-order valence-corrected chi connectivity index (χ2v) is 8.24. The summed E-state index contributed by atoms with van der Waals surface area (Å²) in [5.41, 5.74) is 12.1. The van der Waals surface area contributed by atoms with Crippen molar-refractivity contribution >= 4 is 0 Å². The van der Waals surface area contributed by atoms with Crippen molar-refractivity contribution in [1.29, 1.82) is 0 Å². The van der Waals surface area contributed by atoms with Gasteiger partial charge in [-0.15, -0.1) is 0 Å². The Hall–Kier alpha value is -2.39. The van der Waals surface area contributed by atoms with Gasteiger partial charge < -0.3 is 0 Å². The van der Waals surface area contributed by atoms with E-state index in [1.807, 2.05) is 0 Å². The standard InChI is InChI=1S/C25H31N3/c1-6-28-23(16-27-12-11-21-9-7-8-10-22(21)15-27)20(5)25(26-28)24-18(3)13-17(2)14-19(24)4/h7-10,13-14H,6,11-12,15-16H2,1-5H3. The second-order valence-electron chi connectivity index (χ2n) is 8.24. The number of benzene rings is 2. The maximum Gasteiger partial charge on any atom is 0.0961 e. The Kier molecular flexibility index (Phi) is 5.11. The summed E-state index contributed by atoms with van der Waals surface area (Å²) in [6.45, 7) is 15.0. The van der Waals surface area contributed by atoms with E-state index in [1.54, 1.807) is 0 Å². The zero-order valence-electron chi connectivity index (χ0n) is 17.8. The van der Waals surface area contributed by atoms with Crippen LogP contribution in [0.15, 0.2) is 36.4 Å². The van der Waals surface area contributed by atoms with Crippen LogP contribution in [0.2, 0.25) is 0 Å². The highest BCUT2D eigenvalue weighted by molar-refractivity contribution is 5.71. The van der Waals surface area contributed by atoms with Gasteiger partial charge in [0.2, 0.25) is 0 Å². The van der Waals surface area contributed by atoms with Crippen molar-refractivity contribution < 1.29 is 0 Å². The first-order valence-corrected chi connectivity index (χ1v) is 10.4. The summed E-state index contributed by atoms with van der Waals surface area (Å²) in [6.07, 6.45) is 1.14. The van der Waals surface area contributed by atoms with E-state index in [1.165, 1.54) is 44.6 Å². The van der Waals surface area contributed by atoms with E-state index < -0.39 is 0 Å². The Labute approximate surface area is 169 Å². The predicted octanol–water partition coefficient (Wildman–Crippen LogP) is 5.36. The summed E-state index contributed by atoms with van der Waals surface area (Å²) in [6, 6.07) is 13.4. The minimum Gasteiger partial charge on any atom is -0.293 e. The van der Waals surface area contributed by atoms with E-state index in [2.05, 4.69) is 80.6 Å². The fraction of sp³-hybridized carbons (Fsp3) is 0.400. The van der Waals surface area contributed by atoms with Gasteiger partial charge in [-0.1, -0.05) is 42.0 Å². The molecule has 3 nitrogen and oxygen atoms in total. The molecule has 0 saturated carbocycles. The molecule has 3 heteroatoms. The average Bonchev–Trinajstić information content (AvgIpc) is 2.97. The molecule has 0 spiro atoms. The smallest absolute Gasteiger partial charge is 0.0961 e. The van der Waals surface area contributed by atoms with Crippen LogP contribution in [0.4, 0.5) is 0 Å². The molecule has 0 unspecified atom stereocenters. The molecule has 0 aliphatic carbocycles. The topological polar surface area (TPSA) is 21.1 Å². The quantitative estimate of drug-likeness (QED) is 0.614. The molecule has 0 saturated heterocycles. The monoisotopic (exact) mass is 373 g/mol. The lowest BCUT2D eigenvalue weighted by Crippen LogP contribution is -2.31. The lowest BCUT2D eigenvalue weighted by molar-refractivity contribution is 0.237. The SMILES string of the molecule is CCn1nc(-c2c(C)cc(C)cc2C)c(C)c1CN1CCc2ccccc2C1. The summed E-state index contributed by atoms with van der Waals surface area (Å²) in [5.74, 6) is 0. The third-order valence-corrected chi connectivity index (χ3v) is 6.12. The van der Waals surface area contributed by atoms with Crippen LogP contribution in [0, 0.1) is 27.7 Å². The van der Waals surface area contributed by atoms with E-state index in [-0.39, 0.29) is 0 Å². The van der Waals surface area contributed by atoms with Gasteiger partial charge in [0.15, 0.2) is 0 Å². The van der Waals surface area contributed by atoms with Crippen molar-refractivity contribution in [3.8, 4) is 11.3 Å². The fourth-order valence-electron chi connectivity index (χ4n) is 4.74. The number of rotatable bonds is 4. The third kappa shape index (κ3) is 3.40. The number of hydrogen-bond acceptors (Lipinski definition) is 2. The van der Waals surface area contributed by atoms with Crippen LogP contribution in [0.25, 0.3) is 11.3 Å². The molecule has 1 aliphatic heterocycles. The molecule has 0 N–H and O–H groups in total. The van der Waals surface area contributed by atoms with Crippen LogP contribution in [-0.4, -0.2) is 21.2 Å². The van der Waals surface area contributed by atoms with Crippen LogP contribution in [0.3, 0.4) is 0 Å². The van der Waals surface area contributed by atoms with E-state index >= 15 is 0 Å². The van der Waals surface area contributed by atoms with Gasteiger partial charge in [-0.2, -0.15) is 5.10 Å². The van der Waals surface area contributed by atoms with Gasteiger partial charge >= 0.3 is 0 Å². The Bertz CT molecular complexity index is 990. The average molecular weight is 374 g/mol. The number of nitrogens with zero attached hydrogens (tertiary/aromatic N) is 3. The van der Waals surface area contributed by atoms with E-state index in [0.717, 1.165) is 38.3 Å². The normalized spacial score (nSPS) is 14.3. The Morgan fingerprint density at radius 2 is 1.64 bits per heavy atom. The van der Waals surface area contributed by atoms with Crippen molar-refractivity contribution in [3.05, 3.63) is 75.5 Å². The van der Waals surface area contributed by atoms with Gasteiger partial charge in [-0.25, -0.2) is 0 Å². The summed E-state index contributed by atoms with van der Waals surface area (Å²) in [4.78, 5) is 2.57. The van der Waals surface area contributed by atoms with Crippen molar-refractivity contribution in [2.24, 2.45) is 0 Å². The second kappa shape index (κ2) is 7.56. The van der Waals surface area contributed by atoms with Crippen molar-refractivity contribution in [1.82, 2.24) is 14.7 Å². The van der Waals surface area contributed by atoms with E-state index in [4.69, 9.17) is 5.10 Å². The van der Waals surface area contributed by atoms with Gasteiger partial charge in [0.05, 0.1) is 11.4 Å². The first kappa shape index (κ1) is 18.9. The fourth-order valence-corrected chi connectivity index (χ4v) is 4.74. The van der Waals surface area contributed by atoms with Crippen LogP contribution >= 0.6 is 0 Å². The van der Waals surface area contributed by atoms with Crippen molar-refractivity contribution in [2.75, 3.05) is 6.54 Å². The van der Waals surface area contributed by atoms with Gasteiger partial charge in [-0.05, 0) is 68.9 Å². The summed E-state index contributed by atoms with van der Waals surface area (Å²) < 4.78 is 2.21. The highest BCUT2D eigenvalue weighted by Crippen LogP contribution is 2.32. The number of aryl methyl sites for hydroxylation is 4. The van der Waals surface area contributed by atoms with Crippen LogP contribution in [-0.2, 0) is 26.1 Å². The molecule has 0 amide bonds. The molecule has 1 aromatic heterocycles. The summed E-state index contributed by atoms with van der Waals surface area (Å²) in [7, 11) is 0. The molecule has 0 fully saturated rings. The van der Waals surface area contributed by atoms with E-state index in [9.17, 15) is 0 Å². The maximum absolute atomic E-state index is 5.05. The lowest BCUT2D eigenvalue weighted by Gasteiger charge is -2.29. The van der Waals surface area contributed by atoms with Crippen LogP contribution in [0.5, 0.6) is 0 Å². The molecule has 0 bridgehead atoms. The van der Waals surface area contributed by atoms with Crippen molar-refractivity contribution in [3.63, 3.8) is 0 Å². The molecule has 2 heterocycles. The molecule has 0 atom stereocenters.